The Morgan fingerprint density at radius 1 is 0.592 bits per heavy atom. The summed E-state index contributed by atoms with van der Waals surface area (Å²) in [6.07, 6.45) is 8.99. The minimum absolute atomic E-state index is 0.0433. The van der Waals surface area contributed by atoms with Gasteiger partial charge in [-0.25, -0.2) is 4.98 Å². The molecule has 49 heavy (non-hydrogen) atoms. The van der Waals surface area contributed by atoms with Crippen molar-refractivity contribution in [3.05, 3.63) is 174 Å². The molecule has 2 unspecified atom stereocenters. The lowest BCUT2D eigenvalue weighted by molar-refractivity contribution is 0.744. The highest BCUT2D eigenvalue weighted by Gasteiger charge is 2.37. The van der Waals surface area contributed by atoms with Crippen LogP contribution in [-0.4, -0.2) is 20.0 Å². The van der Waals surface area contributed by atoms with Crippen molar-refractivity contribution >= 4 is 60.4 Å². The van der Waals surface area contributed by atoms with Gasteiger partial charge in [0.1, 0.15) is 11.3 Å². The maximum atomic E-state index is 14.2. The molecule has 2 atom stereocenters. The van der Waals surface area contributed by atoms with Crippen LogP contribution in [0.3, 0.4) is 0 Å². The number of imidazole rings is 1. The van der Waals surface area contributed by atoms with Gasteiger partial charge in [0.05, 0.1) is 22.6 Å². The van der Waals surface area contributed by atoms with Crippen LogP contribution in [0.5, 0.6) is 0 Å². The fourth-order valence-electron chi connectivity index (χ4n) is 8.54. The molecule has 0 bridgehead atoms. The summed E-state index contributed by atoms with van der Waals surface area (Å²) in [4.78, 5) is 22.0. The Morgan fingerprint density at radius 2 is 1.31 bits per heavy atom. The van der Waals surface area contributed by atoms with Crippen molar-refractivity contribution in [2.75, 3.05) is 4.90 Å². The van der Waals surface area contributed by atoms with Gasteiger partial charge in [-0.2, -0.15) is 0 Å². The molecule has 11 rings (SSSR count). The number of fused-ring (bicyclic) bond motifs is 9. The maximum Gasteiger partial charge on any atom is 0.264 e. The Morgan fingerprint density at radius 3 is 2.14 bits per heavy atom. The number of benzene rings is 6. The third kappa shape index (κ3) is 3.54. The monoisotopic (exact) mass is 628 g/mol. The molecule has 5 nitrogen and oxygen atoms in total. The molecule has 9 aromatic rings. The number of pyridine rings is 1. The zero-order chi connectivity index (χ0) is 32.2. The Kier molecular flexibility index (Phi) is 5.31. The molecule has 3 aromatic heterocycles. The first-order chi connectivity index (χ1) is 24.3. The maximum absolute atomic E-state index is 14.2. The number of hydrogen-bond acceptors (Lipinski definition) is 3. The predicted molar refractivity (Wildman–Crippen MR) is 201 cm³/mol. The van der Waals surface area contributed by atoms with E-state index >= 15 is 0 Å². The molecule has 4 heterocycles. The molecule has 0 radical (unpaired) electrons. The van der Waals surface area contributed by atoms with Crippen LogP contribution in [0.4, 0.5) is 11.4 Å². The number of rotatable bonds is 3. The quantitative estimate of drug-likeness (QED) is 0.183. The Labute approximate surface area is 281 Å². The Balaban J connectivity index is 1.25. The molecular formula is C44H28N4O. The molecule has 230 valence electrons. The van der Waals surface area contributed by atoms with Crippen molar-refractivity contribution in [2.45, 2.75) is 12.0 Å². The van der Waals surface area contributed by atoms with Gasteiger partial charge in [-0.3, -0.25) is 9.20 Å². The molecular weight excluding hydrogens is 601 g/mol. The van der Waals surface area contributed by atoms with Crippen molar-refractivity contribution in [3.8, 4) is 17.1 Å². The molecule has 0 spiro atoms. The average molecular weight is 629 g/mol. The number of hydrogen-bond donors (Lipinski definition) is 0. The minimum atomic E-state index is -0.0433. The smallest absolute Gasteiger partial charge is 0.264 e. The number of nitrogens with zero attached hydrogens (tertiary/aromatic N) is 4. The summed E-state index contributed by atoms with van der Waals surface area (Å²) >= 11 is 0. The van der Waals surface area contributed by atoms with Gasteiger partial charge in [0.15, 0.2) is 0 Å². The van der Waals surface area contributed by atoms with Crippen LogP contribution < -0.4 is 10.5 Å². The van der Waals surface area contributed by atoms with E-state index in [-0.39, 0.29) is 17.5 Å². The Bertz CT molecular complexity index is 2920. The van der Waals surface area contributed by atoms with Crippen molar-refractivity contribution in [3.63, 3.8) is 0 Å². The standard InChI is InChI=1S/C44H28N4O/c49-44-32-19-8-7-17-30(32)35-26-39-40(41-42(35)48(44)43(45-41)27-13-3-1-4-14-27)33-20-10-12-22-37(33)47(39)29-23-24-38-34(25-29)31-18-9-11-21-36(31)46(38)28-15-5-2-6-16-28/h1-26,31,36H. The summed E-state index contributed by atoms with van der Waals surface area (Å²) in [7, 11) is 0. The molecule has 0 N–H and O–H groups in total. The van der Waals surface area contributed by atoms with E-state index in [1.165, 1.54) is 16.9 Å². The van der Waals surface area contributed by atoms with Gasteiger partial charge in [0.2, 0.25) is 0 Å². The van der Waals surface area contributed by atoms with Gasteiger partial charge < -0.3 is 9.47 Å². The lowest BCUT2D eigenvalue weighted by Crippen LogP contribution is -2.28. The molecule has 6 aromatic carbocycles. The SMILES string of the molecule is O=c1c2ccccc2c2cc3c(c4ccccc4n3-c3ccc4c(c3)C3C=CC=CC3N4c3ccccc3)c3nc(-c4ccccc4)n1c23. The number of anilines is 2. The normalized spacial score (nSPS) is 16.9. The van der Waals surface area contributed by atoms with E-state index in [0.29, 0.717) is 11.2 Å². The fourth-order valence-corrected chi connectivity index (χ4v) is 8.54. The largest absolute Gasteiger partial charge is 0.333 e. The third-order valence-corrected chi connectivity index (χ3v) is 10.6. The van der Waals surface area contributed by atoms with Gasteiger partial charge in [-0.05, 0) is 59.5 Å². The summed E-state index contributed by atoms with van der Waals surface area (Å²) in [5.41, 5.74) is 9.62. The van der Waals surface area contributed by atoms with Gasteiger partial charge in [0, 0.05) is 50.1 Å². The highest BCUT2D eigenvalue weighted by Crippen LogP contribution is 2.49. The van der Waals surface area contributed by atoms with Crippen molar-refractivity contribution < 1.29 is 0 Å². The summed E-state index contributed by atoms with van der Waals surface area (Å²) in [5, 5.41) is 4.83. The second-order valence-electron chi connectivity index (χ2n) is 13.1. The number of para-hydroxylation sites is 2. The average Bonchev–Trinajstić information content (AvgIpc) is 3.83. The molecule has 1 aliphatic carbocycles. The van der Waals surface area contributed by atoms with Crippen LogP contribution in [0.2, 0.25) is 0 Å². The second-order valence-corrected chi connectivity index (χ2v) is 13.1. The minimum Gasteiger partial charge on any atom is -0.333 e. The summed E-state index contributed by atoms with van der Waals surface area (Å²) < 4.78 is 4.23. The fraction of sp³-hybridized carbons (Fsp3) is 0.0455. The van der Waals surface area contributed by atoms with E-state index < -0.39 is 0 Å². The third-order valence-electron chi connectivity index (χ3n) is 10.6. The van der Waals surface area contributed by atoms with E-state index in [1.807, 2.05) is 52.9 Å². The molecule has 0 saturated heterocycles. The lowest BCUT2D eigenvalue weighted by Gasteiger charge is -2.28. The summed E-state index contributed by atoms with van der Waals surface area (Å²) in [6.45, 7) is 0. The first-order valence-corrected chi connectivity index (χ1v) is 16.8. The lowest BCUT2D eigenvalue weighted by atomic mass is 9.91. The van der Waals surface area contributed by atoms with E-state index in [4.69, 9.17) is 4.98 Å². The number of aromatic nitrogens is 3. The van der Waals surface area contributed by atoms with Crippen molar-refractivity contribution in [1.82, 2.24) is 14.0 Å². The zero-order valence-electron chi connectivity index (χ0n) is 26.4. The Hall–Kier alpha value is -6.46. The van der Waals surface area contributed by atoms with Gasteiger partial charge in [0.25, 0.3) is 5.56 Å². The molecule has 0 saturated carbocycles. The first-order valence-electron chi connectivity index (χ1n) is 16.8. The molecule has 1 aliphatic heterocycles. The zero-order valence-corrected chi connectivity index (χ0v) is 26.4. The van der Waals surface area contributed by atoms with Crippen LogP contribution in [-0.2, 0) is 0 Å². The second kappa shape index (κ2) is 9.78. The molecule has 5 heteroatoms. The van der Waals surface area contributed by atoms with E-state index in [2.05, 4.69) is 119 Å². The van der Waals surface area contributed by atoms with E-state index in [1.54, 1.807) is 0 Å². The first kappa shape index (κ1) is 26.6. The summed E-state index contributed by atoms with van der Waals surface area (Å²) in [6, 6.07) is 46.7. The van der Waals surface area contributed by atoms with Crippen molar-refractivity contribution in [2.24, 2.45) is 0 Å². The molecule has 2 aliphatic rings. The van der Waals surface area contributed by atoms with Gasteiger partial charge in [-0.1, -0.05) is 109 Å². The predicted octanol–water partition coefficient (Wildman–Crippen LogP) is 9.93. The van der Waals surface area contributed by atoms with Crippen LogP contribution in [0.15, 0.2) is 163 Å². The van der Waals surface area contributed by atoms with E-state index in [0.717, 1.165) is 54.9 Å². The van der Waals surface area contributed by atoms with Gasteiger partial charge in [-0.15, -0.1) is 0 Å². The topological polar surface area (TPSA) is 42.5 Å². The van der Waals surface area contributed by atoms with E-state index in [9.17, 15) is 4.79 Å². The van der Waals surface area contributed by atoms with Crippen LogP contribution >= 0.6 is 0 Å². The number of allylic oxidation sites excluding steroid dienone is 2. The molecule has 0 amide bonds. The molecule has 0 fully saturated rings. The van der Waals surface area contributed by atoms with Crippen molar-refractivity contribution in [1.29, 1.82) is 0 Å². The highest BCUT2D eigenvalue weighted by atomic mass is 16.1. The van der Waals surface area contributed by atoms with Gasteiger partial charge >= 0.3 is 0 Å². The van der Waals surface area contributed by atoms with Crippen LogP contribution in [0.1, 0.15) is 11.5 Å². The van der Waals surface area contributed by atoms with Crippen LogP contribution in [0.25, 0.3) is 66.1 Å². The highest BCUT2D eigenvalue weighted by molar-refractivity contribution is 6.27. The summed E-state index contributed by atoms with van der Waals surface area (Å²) in [5.74, 6) is 0.908. The van der Waals surface area contributed by atoms with Crippen LogP contribution in [0, 0.1) is 0 Å².